The summed E-state index contributed by atoms with van der Waals surface area (Å²) in [4.78, 5) is 24.3. The average molecular weight is 343 g/mol. The van der Waals surface area contributed by atoms with Gasteiger partial charge < -0.3 is 15.2 Å². The Labute approximate surface area is 148 Å². The van der Waals surface area contributed by atoms with Crippen LogP contribution in [0.4, 0.5) is 11.4 Å². The van der Waals surface area contributed by atoms with Crippen molar-refractivity contribution in [3.8, 4) is 0 Å². The predicted octanol–water partition coefficient (Wildman–Crippen LogP) is 4.34. The minimum Gasteiger partial charge on any atom is -0.360 e. The summed E-state index contributed by atoms with van der Waals surface area (Å²) in [6.45, 7) is 9.64. The molecule has 1 aromatic heterocycles. The first-order valence-electron chi connectivity index (χ1n) is 8.45. The average Bonchev–Trinajstić information content (AvgIpc) is 2.90. The van der Waals surface area contributed by atoms with Crippen molar-refractivity contribution in [2.45, 2.75) is 47.0 Å². The van der Waals surface area contributed by atoms with Gasteiger partial charge in [-0.1, -0.05) is 32.9 Å². The molecule has 0 aliphatic heterocycles. The summed E-state index contributed by atoms with van der Waals surface area (Å²) in [5.41, 5.74) is 2.39. The Balaban J connectivity index is 2.05. The molecule has 0 spiro atoms. The fourth-order valence-corrected chi connectivity index (χ4v) is 2.47. The van der Waals surface area contributed by atoms with Gasteiger partial charge in [-0.15, -0.1) is 0 Å². The molecule has 2 aromatic rings. The molecule has 0 aliphatic carbocycles. The minimum atomic E-state index is -0.251. The summed E-state index contributed by atoms with van der Waals surface area (Å²) in [6, 6.07) is 7.02. The number of nitrogens with one attached hydrogen (secondary N) is 2. The largest absolute Gasteiger partial charge is 0.360 e. The van der Waals surface area contributed by atoms with E-state index in [0.29, 0.717) is 40.7 Å². The molecule has 6 heteroatoms. The SMILES string of the molecule is Cc1noc(C(C)C)c1C(=O)Nc1ccc(NC(=O)CC(C)C)cc1. The van der Waals surface area contributed by atoms with Gasteiger partial charge in [0.05, 0.1) is 5.69 Å². The van der Waals surface area contributed by atoms with Crippen LogP contribution in [0.15, 0.2) is 28.8 Å². The fourth-order valence-electron chi connectivity index (χ4n) is 2.47. The molecule has 25 heavy (non-hydrogen) atoms. The van der Waals surface area contributed by atoms with Crippen molar-refractivity contribution < 1.29 is 14.1 Å². The van der Waals surface area contributed by atoms with E-state index in [-0.39, 0.29) is 17.7 Å². The van der Waals surface area contributed by atoms with Crippen LogP contribution in [0.2, 0.25) is 0 Å². The zero-order valence-corrected chi connectivity index (χ0v) is 15.3. The lowest BCUT2D eigenvalue weighted by Gasteiger charge is -2.09. The molecule has 134 valence electrons. The van der Waals surface area contributed by atoms with E-state index in [9.17, 15) is 9.59 Å². The minimum absolute atomic E-state index is 0.0199. The summed E-state index contributed by atoms with van der Waals surface area (Å²) in [5, 5.41) is 9.57. The Morgan fingerprint density at radius 1 is 1.04 bits per heavy atom. The highest BCUT2D eigenvalue weighted by atomic mass is 16.5. The second-order valence-electron chi connectivity index (χ2n) is 6.84. The van der Waals surface area contributed by atoms with Gasteiger partial charge in [-0.2, -0.15) is 0 Å². The first kappa shape index (κ1) is 18.7. The summed E-state index contributed by atoms with van der Waals surface area (Å²) >= 11 is 0. The van der Waals surface area contributed by atoms with E-state index in [0.717, 1.165) is 0 Å². The lowest BCUT2D eigenvalue weighted by molar-refractivity contribution is -0.116. The number of benzene rings is 1. The Morgan fingerprint density at radius 3 is 2.12 bits per heavy atom. The molecule has 0 saturated heterocycles. The normalized spacial score (nSPS) is 11.0. The third-order valence-corrected chi connectivity index (χ3v) is 3.66. The number of aryl methyl sites for hydroxylation is 1. The molecule has 0 radical (unpaired) electrons. The molecule has 0 bridgehead atoms. The van der Waals surface area contributed by atoms with Crippen molar-refractivity contribution in [3.05, 3.63) is 41.3 Å². The Morgan fingerprint density at radius 2 is 1.60 bits per heavy atom. The molecule has 0 aliphatic rings. The quantitative estimate of drug-likeness (QED) is 0.817. The lowest BCUT2D eigenvalue weighted by Crippen LogP contribution is -2.15. The molecule has 1 aromatic carbocycles. The first-order chi connectivity index (χ1) is 11.8. The number of aromatic nitrogens is 1. The molecule has 0 unspecified atom stereocenters. The molecule has 0 atom stereocenters. The molecular formula is C19H25N3O3. The number of hydrogen-bond acceptors (Lipinski definition) is 4. The third-order valence-electron chi connectivity index (χ3n) is 3.66. The van der Waals surface area contributed by atoms with Gasteiger partial charge in [0.1, 0.15) is 5.56 Å². The summed E-state index contributed by atoms with van der Waals surface area (Å²) in [6.07, 6.45) is 0.475. The summed E-state index contributed by atoms with van der Waals surface area (Å²) in [5.74, 6) is 0.682. The Kier molecular flexibility index (Phi) is 5.96. The number of amides is 2. The van der Waals surface area contributed by atoms with Crippen LogP contribution in [0.3, 0.4) is 0 Å². The lowest BCUT2D eigenvalue weighted by atomic mass is 10.0. The van der Waals surface area contributed by atoms with Gasteiger partial charge in [0.25, 0.3) is 5.91 Å². The molecule has 6 nitrogen and oxygen atoms in total. The Bertz CT molecular complexity index is 746. The van der Waals surface area contributed by atoms with Gasteiger partial charge in [-0.05, 0) is 37.1 Å². The zero-order chi connectivity index (χ0) is 18.6. The van der Waals surface area contributed by atoms with E-state index in [1.165, 1.54) is 0 Å². The van der Waals surface area contributed by atoms with E-state index in [1.54, 1.807) is 31.2 Å². The van der Waals surface area contributed by atoms with Crippen LogP contribution in [0.5, 0.6) is 0 Å². The molecule has 0 saturated carbocycles. The number of nitrogens with zero attached hydrogens (tertiary/aromatic N) is 1. The summed E-state index contributed by atoms with van der Waals surface area (Å²) in [7, 11) is 0. The molecular weight excluding hydrogens is 318 g/mol. The highest BCUT2D eigenvalue weighted by molar-refractivity contribution is 6.06. The van der Waals surface area contributed by atoms with Crippen LogP contribution in [0.25, 0.3) is 0 Å². The second-order valence-corrected chi connectivity index (χ2v) is 6.84. The first-order valence-corrected chi connectivity index (χ1v) is 8.45. The number of anilines is 2. The van der Waals surface area contributed by atoms with Gasteiger partial charge in [-0.25, -0.2) is 0 Å². The van der Waals surface area contributed by atoms with E-state index < -0.39 is 0 Å². The number of rotatable bonds is 6. The van der Waals surface area contributed by atoms with Crippen molar-refractivity contribution in [1.29, 1.82) is 0 Å². The monoisotopic (exact) mass is 343 g/mol. The summed E-state index contributed by atoms with van der Waals surface area (Å²) < 4.78 is 5.25. The van der Waals surface area contributed by atoms with Crippen molar-refractivity contribution in [3.63, 3.8) is 0 Å². The number of hydrogen-bond donors (Lipinski definition) is 2. The predicted molar refractivity (Wildman–Crippen MR) is 97.8 cm³/mol. The number of carbonyl (C=O) groups excluding carboxylic acids is 2. The maximum Gasteiger partial charge on any atom is 0.261 e. The van der Waals surface area contributed by atoms with Crippen LogP contribution >= 0.6 is 0 Å². The Hall–Kier alpha value is -2.63. The second kappa shape index (κ2) is 7.96. The number of carbonyl (C=O) groups is 2. The molecule has 1 heterocycles. The maximum absolute atomic E-state index is 12.5. The van der Waals surface area contributed by atoms with Gasteiger partial charge in [0, 0.05) is 23.7 Å². The highest BCUT2D eigenvalue weighted by Gasteiger charge is 2.22. The van der Waals surface area contributed by atoms with Crippen LogP contribution in [-0.2, 0) is 4.79 Å². The van der Waals surface area contributed by atoms with Crippen LogP contribution in [-0.4, -0.2) is 17.0 Å². The van der Waals surface area contributed by atoms with Crippen molar-refractivity contribution in [1.82, 2.24) is 5.16 Å². The maximum atomic E-state index is 12.5. The standard InChI is InChI=1S/C19H25N3O3/c1-11(2)10-16(23)20-14-6-8-15(9-7-14)21-19(24)17-13(5)22-25-18(17)12(3)4/h6-9,11-12H,10H2,1-5H3,(H,20,23)(H,21,24). The topological polar surface area (TPSA) is 84.2 Å². The van der Waals surface area contributed by atoms with Crippen LogP contribution < -0.4 is 10.6 Å². The molecule has 2 N–H and O–H groups in total. The van der Waals surface area contributed by atoms with Gasteiger partial charge in [0.2, 0.25) is 5.91 Å². The van der Waals surface area contributed by atoms with E-state index >= 15 is 0 Å². The zero-order valence-electron chi connectivity index (χ0n) is 15.3. The van der Waals surface area contributed by atoms with Crippen molar-refractivity contribution in [2.75, 3.05) is 10.6 Å². The molecule has 2 amide bonds. The van der Waals surface area contributed by atoms with Gasteiger partial charge in [-0.3, -0.25) is 9.59 Å². The van der Waals surface area contributed by atoms with E-state index in [2.05, 4.69) is 15.8 Å². The van der Waals surface area contributed by atoms with Crippen molar-refractivity contribution >= 4 is 23.2 Å². The third kappa shape index (κ3) is 4.92. The van der Waals surface area contributed by atoms with E-state index in [1.807, 2.05) is 27.7 Å². The van der Waals surface area contributed by atoms with E-state index in [4.69, 9.17) is 4.52 Å². The highest BCUT2D eigenvalue weighted by Crippen LogP contribution is 2.23. The smallest absolute Gasteiger partial charge is 0.261 e. The molecule has 2 rings (SSSR count). The molecule has 0 fully saturated rings. The van der Waals surface area contributed by atoms with Crippen LogP contribution in [0, 0.1) is 12.8 Å². The fraction of sp³-hybridized carbons (Fsp3) is 0.421. The van der Waals surface area contributed by atoms with Crippen molar-refractivity contribution in [2.24, 2.45) is 5.92 Å². The van der Waals surface area contributed by atoms with Gasteiger partial charge in [0.15, 0.2) is 5.76 Å². The van der Waals surface area contributed by atoms with Crippen LogP contribution in [0.1, 0.15) is 61.8 Å². The van der Waals surface area contributed by atoms with Gasteiger partial charge >= 0.3 is 0 Å².